The number of pyridine rings is 1. The van der Waals surface area contributed by atoms with E-state index in [9.17, 15) is 4.79 Å². The van der Waals surface area contributed by atoms with E-state index < -0.39 is 5.97 Å². The van der Waals surface area contributed by atoms with Crippen molar-refractivity contribution in [1.29, 1.82) is 0 Å². The molecule has 0 radical (unpaired) electrons. The smallest absolute Gasteiger partial charge is 0.335 e. The van der Waals surface area contributed by atoms with Gasteiger partial charge in [-0.2, -0.15) is 0 Å². The van der Waals surface area contributed by atoms with Crippen LogP contribution in [-0.4, -0.2) is 22.2 Å². The first-order valence-electron chi connectivity index (χ1n) is 4.86. The molecule has 0 aliphatic heterocycles. The van der Waals surface area contributed by atoms with Gasteiger partial charge in [0.05, 0.1) is 11.7 Å². The maximum Gasteiger partial charge on any atom is 0.335 e. The Morgan fingerprint density at radius 1 is 1.47 bits per heavy atom. The van der Waals surface area contributed by atoms with E-state index in [4.69, 9.17) is 9.84 Å². The van der Waals surface area contributed by atoms with E-state index in [0.717, 1.165) is 0 Å². The van der Waals surface area contributed by atoms with Crippen LogP contribution < -0.4 is 4.74 Å². The fourth-order valence-corrected chi connectivity index (χ4v) is 0.933. The van der Waals surface area contributed by atoms with Crippen LogP contribution in [-0.2, 0) is 0 Å². The van der Waals surface area contributed by atoms with E-state index in [-0.39, 0.29) is 11.7 Å². The van der Waals surface area contributed by atoms with Crippen molar-refractivity contribution in [2.75, 3.05) is 0 Å². The van der Waals surface area contributed by atoms with E-state index >= 15 is 0 Å². The van der Waals surface area contributed by atoms with Crippen LogP contribution in [0.25, 0.3) is 0 Å². The molecule has 82 valence electrons. The summed E-state index contributed by atoms with van der Waals surface area (Å²) >= 11 is 0. The fourth-order valence-electron chi connectivity index (χ4n) is 0.933. The van der Waals surface area contributed by atoms with Gasteiger partial charge in [-0.3, -0.25) is 0 Å². The molecule has 0 saturated carbocycles. The van der Waals surface area contributed by atoms with Crippen molar-refractivity contribution in [3.8, 4) is 5.88 Å². The van der Waals surface area contributed by atoms with Gasteiger partial charge in [-0.1, -0.05) is 13.8 Å². The first kappa shape index (κ1) is 11.5. The highest BCUT2D eigenvalue weighted by Gasteiger charge is 2.11. The molecular weight excluding hydrogens is 194 g/mol. The lowest BCUT2D eigenvalue weighted by atomic mass is 10.1. The molecule has 1 unspecified atom stereocenters. The summed E-state index contributed by atoms with van der Waals surface area (Å²) in [4.78, 5) is 14.6. The second-order valence-electron chi connectivity index (χ2n) is 3.75. The zero-order valence-electron chi connectivity index (χ0n) is 9.10. The second kappa shape index (κ2) is 4.77. The minimum Gasteiger partial charge on any atom is -0.478 e. The Kier molecular flexibility index (Phi) is 3.66. The topological polar surface area (TPSA) is 59.4 Å². The fraction of sp³-hybridized carbons (Fsp3) is 0.455. The molecule has 0 bridgehead atoms. The first-order valence-corrected chi connectivity index (χ1v) is 4.86. The SMILES string of the molecule is CC(C)C(C)Oc1cc(C(=O)O)ccn1. The summed E-state index contributed by atoms with van der Waals surface area (Å²) in [5.41, 5.74) is 0.191. The van der Waals surface area contributed by atoms with Crippen LogP contribution >= 0.6 is 0 Å². The Labute approximate surface area is 88.9 Å². The largest absolute Gasteiger partial charge is 0.478 e. The number of aromatic carboxylic acids is 1. The van der Waals surface area contributed by atoms with Crippen molar-refractivity contribution in [3.63, 3.8) is 0 Å². The van der Waals surface area contributed by atoms with Gasteiger partial charge < -0.3 is 9.84 Å². The number of rotatable bonds is 4. The summed E-state index contributed by atoms with van der Waals surface area (Å²) in [7, 11) is 0. The summed E-state index contributed by atoms with van der Waals surface area (Å²) < 4.78 is 5.49. The number of ether oxygens (including phenoxy) is 1. The Morgan fingerprint density at radius 3 is 2.67 bits per heavy atom. The molecule has 1 N–H and O–H groups in total. The zero-order chi connectivity index (χ0) is 11.4. The maximum absolute atomic E-state index is 10.7. The average molecular weight is 209 g/mol. The number of aromatic nitrogens is 1. The Hall–Kier alpha value is -1.58. The van der Waals surface area contributed by atoms with E-state index in [1.165, 1.54) is 18.3 Å². The van der Waals surface area contributed by atoms with E-state index in [1.807, 2.05) is 20.8 Å². The van der Waals surface area contributed by atoms with Crippen LogP contribution in [0.2, 0.25) is 0 Å². The Balaban J connectivity index is 2.78. The van der Waals surface area contributed by atoms with Crippen LogP contribution in [0.1, 0.15) is 31.1 Å². The van der Waals surface area contributed by atoms with Crippen molar-refractivity contribution in [2.45, 2.75) is 26.9 Å². The van der Waals surface area contributed by atoms with Gasteiger partial charge in [0.15, 0.2) is 0 Å². The second-order valence-corrected chi connectivity index (χ2v) is 3.75. The molecule has 1 heterocycles. The number of carbonyl (C=O) groups is 1. The van der Waals surface area contributed by atoms with Crippen molar-refractivity contribution < 1.29 is 14.6 Å². The first-order chi connectivity index (χ1) is 7.00. The van der Waals surface area contributed by atoms with Gasteiger partial charge in [0.1, 0.15) is 0 Å². The van der Waals surface area contributed by atoms with Gasteiger partial charge in [0.2, 0.25) is 5.88 Å². The summed E-state index contributed by atoms with van der Waals surface area (Å²) in [5, 5.41) is 8.77. The third-order valence-corrected chi connectivity index (χ3v) is 2.23. The zero-order valence-corrected chi connectivity index (χ0v) is 9.10. The molecular formula is C11H15NO3. The van der Waals surface area contributed by atoms with Crippen LogP contribution in [0.3, 0.4) is 0 Å². The normalized spacial score (nSPS) is 12.5. The van der Waals surface area contributed by atoms with Crippen LogP contribution in [0.5, 0.6) is 5.88 Å². The van der Waals surface area contributed by atoms with Crippen molar-refractivity contribution in [1.82, 2.24) is 4.98 Å². The highest BCUT2D eigenvalue weighted by atomic mass is 16.5. The molecule has 0 amide bonds. The summed E-state index contributed by atoms with van der Waals surface area (Å²) in [5.74, 6) is -0.254. The Bertz CT molecular complexity index is 349. The quantitative estimate of drug-likeness (QED) is 0.825. The highest BCUT2D eigenvalue weighted by molar-refractivity contribution is 5.87. The standard InChI is InChI=1S/C11H15NO3/c1-7(2)8(3)15-10-6-9(11(13)14)4-5-12-10/h4-8H,1-3H3,(H,13,14). The van der Waals surface area contributed by atoms with Gasteiger partial charge >= 0.3 is 5.97 Å². The van der Waals surface area contributed by atoms with Crippen molar-refractivity contribution >= 4 is 5.97 Å². The molecule has 4 heteroatoms. The molecule has 1 atom stereocenters. The number of carboxylic acids is 1. The lowest BCUT2D eigenvalue weighted by Crippen LogP contribution is -2.19. The molecule has 4 nitrogen and oxygen atoms in total. The van der Waals surface area contributed by atoms with Crippen LogP contribution in [0.4, 0.5) is 0 Å². The highest BCUT2D eigenvalue weighted by Crippen LogP contribution is 2.14. The third-order valence-electron chi connectivity index (χ3n) is 2.23. The molecule has 1 rings (SSSR count). The lowest BCUT2D eigenvalue weighted by molar-refractivity contribution is 0.0695. The molecule has 0 saturated heterocycles. The summed E-state index contributed by atoms with van der Waals surface area (Å²) in [6, 6.07) is 2.87. The molecule has 0 spiro atoms. The van der Waals surface area contributed by atoms with Gasteiger partial charge in [-0.05, 0) is 18.9 Å². The molecule has 1 aromatic heterocycles. The molecule has 0 fully saturated rings. The number of nitrogens with zero attached hydrogens (tertiary/aromatic N) is 1. The molecule has 0 aromatic carbocycles. The summed E-state index contributed by atoms with van der Waals surface area (Å²) in [6.07, 6.45) is 1.45. The molecule has 1 aromatic rings. The monoisotopic (exact) mass is 209 g/mol. The average Bonchev–Trinajstić information content (AvgIpc) is 2.18. The predicted molar refractivity (Wildman–Crippen MR) is 56.1 cm³/mol. The van der Waals surface area contributed by atoms with Gasteiger partial charge in [-0.25, -0.2) is 9.78 Å². The van der Waals surface area contributed by atoms with Crippen LogP contribution in [0.15, 0.2) is 18.3 Å². The minimum atomic E-state index is -0.973. The van der Waals surface area contributed by atoms with E-state index in [1.54, 1.807) is 0 Å². The maximum atomic E-state index is 10.7. The molecule has 0 aliphatic rings. The number of carboxylic acid groups (broad SMARTS) is 1. The molecule has 15 heavy (non-hydrogen) atoms. The van der Waals surface area contributed by atoms with Crippen LogP contribution in [0, 0.1) is 5.92 Å². The van der Waals surface area contributed by atoms with E-state index in [2.05, 4.69) is 4.98 Å². The van der Waals surface area contributed by atoms with Gasteiger partial charge in [0, 0.05) is 12.3 Å². The number of hydrogen-bond acceptors (Lipinski definition) is 3. The van der Waals surface area contributed by atoms with Gasteiger partial charge in [0.25, 0.3) is 0 Å². The van der Waals surface area contributed by atoms with Gasteiger partial charge in [-0.15, -0.1) is 0 Å². The minimum absolute atomic E-state index is 0.0153. The molecule has 0 aliphatic carbocycles. The summed E-state index contributed by atoms with van der Waals surface area (Å²) in [6.45, 7) is 6.00. The van der Waals surface area contributed by atoms with Crippen molar-refractivity contribution in [2.24, 2.45) is 5.92 Å². The predicted octanol–water partition coefficient (Wildman–Crippen LogP) is 2.20. The third kappa shape index (κ3) is 3.23. The van der Waals surface area contributed by atoms with Crippen molar-refractivity contribution in [3.05, 3.63) is 23.9 Å². The van der Waals surface area contributed by atoms with E-state index in [0.29, 0.717) is 11.8 Å². The number of hydrogen-bond donors (Lipinski definition) is 1. The lowest BCUT2D eigenvalue weighted by Gasteiger charge is -2.17. The Morgan fingerprint density at radius 2 is 2.13 bits per heavy atom.